The van der Waals surface area contributed by atoms with E-state index in [0.717, 1.165) is 31.4 Å². The summed E-state index contributed by atoms with van der Waals surface area (Å²) in [6, 6.07) is 7.08. The molecule has 2 unspecified atom stereocenters. The molecule has 0 aromatic heterocycles. The van der Waals surface area contributed by atoms with E-state index < -0.39 is 0 Å². The number of amides is 3. The zero-order chi connectivity index (χ0) is 20.1. The Bertz CT molecular complexity index is 722. The quantitative estimate of drug-likeness (QED) is 0.740. The third kappa shape index (κ3) is 4.85. The summed E-state index contributed by atoms with van der Waals surface area (Å²) in [5.74, 6) is -0.539. The van der Waals surface area contributed by atoms with Gasteiger partial charge < -0.3 is 15.1 Å². The Labute approximate surface area is 171 Å². The molecule has 2 saturated heterocycles. The minimum absolute atomic E-state index is 0.0177. The molecule has 28 heavy (non-hydrogen) atoms. The number of carbonyl (C=O) groups excluding carboxylic acids is 3. The van der Waals surface area contributed by atoms with Crippen molar-refractivity contribution in [3.8, 4) is 0 Å². The predicted molar refractivity (Wildman–Crippen MR) is 109 cm³/mol. The van der Waals surface area contributed by atoms with Gasteiger partial charge in [-0.05, 0) is 43.5 Å². The van der Waals surface area contributed by atoms with E-state index in [4.69, 9.17) is 11.6 Å². The summed E-state index contributed by atoms with van der Waals surface area (Å²) in [5.41, 5.74) is 0.761. The Morgan fingerprint density at radius 2 is 1.93 bits per heavy atom. The molecular formula is C21H28ClN3O3. The van der Waals surface area contributed by atoms with Gasteiger partial charge in [0.1, 0.15) is 0 Å². The highest BCUT2D eigenvalue weighted by Gasteiger charge is 2.39. The molecular weight excluding hydrogens is 378 g/mol. The van der Waals surface area contributed by atoms with Crippen LogP contribution in [0, 0.1) is 11.8 Å². The Balaban J connectivity index is 1.58. The van der Waals surface area contributed by atoms with Crippen LogP contribution in [0.15, 0.2) is 24.3 Å². The van der Waals surface area contributed by atoms with Gasteiger partial charge in [0.25, 0.3) is 0 Å². The van der Waals surface area contributed by atoms with Gasteiger partial charge in [-0.1, -0.05) is 24.9 Å². The summed E-state index contributed by atoms with van der Waals surface area (Å²) in [6.45, 7) is 4.26. The minimum atomic E-state index is -0.356. The Hall–Kier alpha value is -2.08. The van der Waals surface area contributed by atoms with E-state index in [2.05, 4.69) is 12.2 Å². The number of unbranched alkanes of at least 4 members (excludes halogenated alkanes) is 1. The molecule has 0 bridgehead atoms. The molecule has 1 N–H and O–H groups in total. The van der Waals surface area contributed by atoms with E-state index in [1.165, 1.54) is 0 Å². The van der Waals surface area contributed by atoms with Crippen molar-refractivity contribution >= 4 is 35.0 Å². The van der Waals surface area contributed by atoms with Gasteiger partial charge in [-0.25, -0.2) is 0 Å². The highest BCUT2D eigenvalue weighted by molar-refractivity contribution is 6.30. The smallest absolute Gasteiger partial charge is 0.228 e. The van der Waals surface area contributed by atoms with Gasteiger partial charge in [0.05, 0.1) is 11.8 Å². The number of hydrogen-bond donors (Lipinski definition) is 1. The number of halogens is 1. The van der Waals surface area contributed by atoms with E-state index in [1.54, 1.807) is 34.1 Å². The monoisotopic (exact) mass is 405 g/mol. The van der Waals surface area contributed by atoms with Crippen LogP contribution in [0.25, 0.3) is 0 Å². The lowest BCUT2D eigenvalue weighted by Gasteiger charge is -2.33. The number of rotatable bonds is 6. The zero-order valence-electron chi connectivity index (χ0n) is 16.3. The SMILES string of the molecule is CCCCNC(=O)C1CCCN(C(=O)C2CC(=O)N(c3ccc(Cl)cc3)C2)C1. The van der Waals surface area contributed by atoms with Gasteiger partial charge in [-0.3, -0.25) is 14.4 Å². The maximum Gasteiger partial charge on any atom is 0.228 e. The largest absolute Gasteiger partial charge is 0.356 e. The third-order valence-electron chi connectivity index (χ3n) is 5.55. The second-order valence-electron chi connectivity index (χ2n) is 7.65. The topological polar surface area (TPSA) is 69.7 Å². The Morgan fingerprint density at radius 3 is 2.64 bits per heavy atom. The first-order valence-electron chi connectivity index (χ1n) is 10.1. The summed E-state index contributed by atoms with van der Waals surface area (Å²) in [4.78, 5) is 41.2. The highest BCUT2D eigenvalue weighted by Crippen LogP contribution is 2.28. The fourth-order valence-corrected chi connectivity index (χ4v) is 4.05. The molecule has 7 heteroatoms. The zero-order valence-corrected chi connectivity index (χ0v) is 17.1. The number of carbonyl (C=O) groups is 3. The van der Waals surface area contributed by atoms with Crippen molar-refractivity contribution < 1.29 is 14.4 Å². The van der Waals surface area contributed by atoms with Crippen molar-refractivity contribution in [1.82, 2.24) is 10.2 Å². The summed E-state index contributed by atoms with van der Waals surface area (Å²) >= 11 is 5.92. The van der Waals surface area contributed by atoms with Gasteiger partial charge in [0, 0.05) is 43.3 Å². The molecule has 0 saturated carbocycles. The molecule has 2 fully saturated rings. The Morgan fingerprint density at radius 1 is 1.18 bits per heavy atom. The minimum Gasteiger partial charge on any atom is -0.356 e. The van der Waals surface area contributed by atoms with Gasteiger partial charge in [0.2, 0.25) is 17.7 Å². The van der Waals surface area contributed by atoms with Crippen LogP contribution in [0.3, 0.4) is 0 Å². The average molecular weight is 406 g/mol. The second kappa shape index (κ2) is 9.41. The summed E-state index contributed by atoms with van der Waals surface area (Å²) in [7, 11) is 0. The molecule has 2 aliphatic heterocycles. The molecule has 1 aromatic carbocycles. The van der Waals surface area contributed by atoms with Crippen molar-refractivity contribution in [2.24, 2.45) is 11.8 Å². The first-order valence-corrected chi connectivity index (χ1v) is 10.5. The third-order valence-corrected chi connectivity index (χ3v) is 5.80. The summed E-state index contributed by atoms with van der Waals surface area (Å²) < 4.78 is 0. The molecule has 2 atom stereocenters. The average Bonchev–Trinajstić information content (AvgIpc) is 3.10. The van der Waals surface area contributed by atoms with Gasteiger partial charge in [-0.2, -0.15) is 0 Å². The van der Waals surface area contributed by atoms with Gasteiger partial charge in [-0.15, -0.1) is 0 Å². The van der Waals surface area contributed by atoms with Crippen LogP contribution in [-0.2, 0) is 14.4 Å². The number of nitrogens with zero attached hydrogens (tertiary/aromatic N) is 2. The maximum atomic E-state index is 13.0. The molecule has 152 valence electrons. The van der Waals surface area contributed by atoms with Gasteiger partial charge in [0.15, 0.2) is 0 Å². The molecule has 3 amide bonds. The number of likely N-dealkylation sites (tertiary alicyclic amines) is 1. The first kappa shape index (κ1) is 20.6. The van der Waals surface area contributed by atoms with Crippen molar-refractivity contribution in [2.45, 2.75) is 39.0 Å². The van der Waals surface area contributed by atoms with Crippen LogP contribution in [0.1, 0.15) is 39.0 Å². The molecule has 3 rings (SSSR count). The van der Waals surface area contributed by atoms with E-state index >= 15 is 0 Å². The van der Waals surface area contributed by atoms with Crippen LogP contribution in [0.4, 0.5) is 5.69 Å². The fraction of sp³-hybridized carbons (Fsp3) is 0.571. The lowest BCUT2D eigenvalue weighted by molar-refractivity contribution is -0.139. The van der Waals surface area contributed by atoms with Crippen LogP contribution >= 0.6 is 11.6 Å². The number of piperidine rings is 1. The van der Waals surface area contributed by atoms with Gasteiger partial charge >= 0.3 is 0 Å². The van der Waals surface area contributed by atoms with Crippen molar-refractivity contribution in [2.75, 3.05) is 31.1 Å². The first-order chi connectivity index (χ1) is 13.5. The molecule has 2 aliphatic rings. The molecule has 0 spiro atoms. The van der Waals surface area contributed by atoms with E-state index in [1.807, 2.05) is 0 Å². The van der Waals surface area contributed by atoms with E-state index in [0.29, 0.717) is 31.2 Å². The number of hydrogen-bond acceptors (Lipinski definition) is 3. The fourth-order valence-electron chi connectivity index (χ4n) is 3.93. The molecule has 0 aliphatic carbocycles. The number of nitrogens with one attached hydrogen (secondary N) is 1. The van der Waals surface area contributed by atoms with Crippen LogP contribution in [0.2, 0.25) is 5.02 Å². The highest BCUT2D eigenvalue weighted by atomic mass is 35.5. The summed E-state index contributed by atoms with van der Waals surface area (Å²) in [6.07, 6.45) is 3.84. The normalized spacial score (nSPS) is 22.4. The van der Waals surface area contributed by atoms with Crippen molar-refractivity contribution in [1.29, 1.82) is 0 Å². The number of anilines is 1. The van der Waals surface area contributed by atoms with Crippen LogP contribution in [-0.4, -0.2) is 48.8 Å². The standard InChI is InChI=1S/C21H28ClN3O3/c1-2-3-10-23-20(27)15-5-4-11-24(13-15)21(28)16-12-19(26)25(14-16)18-8-6-17(22)7-9-18/h6-9,15-16H,2-5,10-14H2,1H3,(H,23,27). The second-order valence-corrected chi connectivity index (χ2v) is 8.09. The van der Waals surface area contributed by atoms with E-state index in [-0.39, 0.29) is 36.0 Å². The molecule has 1 aromatic rings. The lowest BCUT2D eigenvalue weighted by Crippen LogP contribution is -2.47. The van der Waals surface area contributed by atoms with Crippen molar-refractivity contribution in [3.05, 3.63) is 29.3 Å². The summed E-state index contributed by atoms with van der Waals surface area (Å²) in [5, 5.41) is 3.58. The number of benzene rings is 1. The maximum absolute atomic E-state index is 13.0. The van der Waals surface area contributed by atoms with Crippen LogP contribution < -0.4 is 10.2 Å². The van der Waals surface area contributed by atoms with E-state index in [9.17, 15) is 14.4 Å². The Kier molecular flexibility index (Phi) is 6.94. The predicted octanol–water partition coefficient (Wildman–Crippen LogP) is 2.85. The lowest BCUT2D eigenvalue weighted by atomic mass is 9.95. The molecule has 2 heterocycles. The van der Waals surface area contributed by atoms with Crippen molar-refractivity contribution in [3.63, 3.8) is 0 Å². The van der Waals surface area contributed by atoms with Crippen LogP contribution in [0.5, 0.6) is 0 Å². The molecule has 0 radical (unpaired) electrons. The molecule has 6 nitrogen and oxygen atoms in total.